The minimum Gasteiger partial charge on any atom is -0.351 e. The number of amides is 1. The van der Waals surface area contributed by atoms with Crippen LogP contribution in [0.15, 0.2) is 30.6 Å². The number of benzene rings is 2. The van der Waals surface area contributed by atoms with Gasteiger partial charge in [-0.15, -0.1) is 0 Å². The van der Waals surface area contributed by atoms with Gasteiger partial charge in [0.05, 0.1) is 40.4 Å². The van der Waals surface area contributed by atoms with E-state index < -0.39 is 11.7 Å². The number of rotatable bonds is 7. The minimum absolute atomic E-state index is 0.00914. The summed E-state index contributed by atoms with van der Waals surface area (Å²) in [6.45, 7) is 2.48. The van der Waals surface area contributed by atoms with Crippen molar-refractivity contribution in [3.63, 3.8) is 0 Å². The highest BCUT2D eigenvalue weighted by atomic mass is 35.5. The number of anilines is 2. The van der Waals surface area contributed by atoms with Gasteiger partial charge in [-0.2, -0.15) is 0 Å². The monoisotopic (exact) mass is 414 g/mol. The standard InChI is InChI=1S/C20H21BClFN4O2/c1-21-12-5-6-15(14(22)7-12)25-18-13(20(28)26-29-9-11-3-4-11)8-16-19(17(18)23)24-10-27(16)2/h5-8,10-11,21,25H,3-4,9H2,1-2H3,(H,26,28). The highest BCUT2D eigenvalue weighted by Crippen LogP contribution is 2.33. The molecule has 1 aromatic heterocycles. The van der Waals surface area contributed by atoms with E-state index in [1.54, 1.807) is 23.7 Å². The topological polar surface area (TPSA) is 68.2 Å². The SMILES string of the molecule is CBc1ccc(Nc2c(C(=O)NOCC3CC3)cc3c(ncn3C)c2F)c(Cl)c1. The lowest BCUT2D eigenvalue weighted by Gasteiger charge is -2.15. The first-order chi connectivity index (χ1) is 14.0. The number of carbonyl (C=O) groups excluding carboxylic acids is 1. The summed E-state index contributed by atoms with van der Waals surface area (Å²) in [5.41, 5.74) is 4.80. The van der Waals surface area contributed by atoms with E-state index in [1.165, 1.54) is 6.33 Å². The summed E-state index contributed by atoms with van der Waals surface area (Å²) < 4.78 is 17.0. The van der Waals surface area contributed by atoms with Gasteiger partial charge >= 0.3 is 0 Å². The van der Waals surface area contributed by atoms with E-state index in [4.69, 9.17) is 16.4 Å². The van der Waals surface area contributed by atoms with E-state index in [0.29, 0.717) is 28.8 Å². The third kappa shape index (κ3) is 4.09. The Morgan fingerprint density at radius 3 is 2.90 bits per heavy atom. The third-order valence-electron chi connectivity index (χ3n) is 5.09. The predicted molar refractivity (Wildman–Crippen MR) is 114 cm³/mol. The molecule has 4 rings (SSSR count). The predicted octanol–water partition coefficient (Wildman–Crippen LogP) is 3.29. The van der Waals surface area contributed by atoms with Crippen molar-refractivity contribution in [1.29, 1.82) is 0 Å². The van der Waals surface area contributed by atoms with Gasteiger partial charge in [0.2, 0.25) is 0 Å². The summed E-state index contributed by atoms with van der Waals surface area (Å²) in [6.07, 6.45) is 3.71. The summed E-state index contributed by atoms with van der Waals surface area (Å²) >= 11 is 6.36. The molecule has 0 atom stereocenters. The first kappa shape index (κ1) is 19.7. The second kappa shape index (κ2) is 8.04. The number of fused-ring (bicyclic) bond motifs is 1. The lowest BCUT2D eigenvalue weighted by Crippen LogP contribution is -2.26. The normalized spacial score (nSPS) is 13.5. The van der Waals surface area contributed by atoms with Crippen molar-refractivity contribution in [1.82, 2.24) is 15.0 Å². The average molecular weight is 415 g/mol. The zero-order chi connectivity index (χ0) is 20.5. The lowest BCUT2D eigenvalue weighted by molar-refractivity contribution is 0.0271. The van der Waals surface area contributed by atoms with Crippen molar-refractivity contribution in [2.24, 2.45) is 13.0 Å². The Balaban J connectivity index is 1.71. The van der Waals surface area contributed by atoms with Crippen LogP contribution in [0.1, 0.15) is 23.2 Å². The molecule has 2 aromatic carbocycles. The van der Waals surface area contributed by atoms with Crippen LogP contribution >= 0.6 is 11.6 Å². The Labute approximate surface area is 173 Å². The largest absolute Gasteiger partial charge is 0.351 e. The molecule has 1 aliphatic carbocycles. The van der Waals surface area contributed by atoms with Crippen molar-refractivity contribution in [2.45, 2.75) is 19.7 Å². The molecule has 1 aliphatic rings. The maximum Gasteiger partial charge on any atom is 0.277 e. The summed E-state index contributed by atoms with van der Waals surface area (Å²) in [4.78, 5) is 22.2. The number of hydrogen-bond acceptors (Lipinski definition) is 4. The van der Waals surface area contributed by atoms with E-state index in [0.717, 1.165) is 25.6 Å². The highest BCUT2D eigenvalue weighted by molar-refractivity contribution is 6.52. The number of halogens is 2. The Morgan fingerprint density at radius 1 is 1.41 bits per heavy atom. The van der Waals surface area contributed by atoms with Gasteiger partial charge in [-0.3, -0.25) is 9.63 Å². The Kier molecular flexibility index (Phi) is 5.47. The fraction of sp³-hybridized carbons (Fsp3) is 0.300. The summed E-state index contributed by atoms with van der Waals surface area (Å²) in [7, 11) is 2.58. The highest BCUT2D eigenvalue weighted by Gasteiger charge is 2.24. The number of imidazole rings is 1. The summed E-state index contributed by atoms with van der Waals surface area (Å²) in [6, 6.07) is 7.09. The molecular formula is C20H21BClFN4O2. The molecule has 2 N–H and O–H groups in total. The molecule has 29 heavy (non-hydrogen) atoms. The Morgan fingerprint density at radius 2 is 2.21 bits per heavy atom. The first-order valence-corrected chi connectivity index (χ1v) is 9.96. The molecule has 1 saturated carbocycles. The van der Waals surface area contributed by atoms with Gasteiger partial charge in [0.1, 0.15) is 5.52 Å². The van der Waals surface area contributed by atoms with E-state index in [-0.39, 0.29) is 16.8 Å². The minimum atomic E-state index is -0.619. The molecule has 3 aromatic rings. The number of aryl methyl sites for hydroxylation is 1. The van der Waals surface area contributed by atoms with Crippen LogP contribution in [-0.4, -0.2) is 29.3 Å². The van der Waals surface area contributed by atoms with E-state index in [1.807, 2.05) is 19.0 Å². The van der Waals surface area contributed by atoms with E-state index in [2.05, 4.69) is 15.8 Å². The molecule has 1 heterocycles. The number of nitrogens with one attached hydrogen (secondary N) is 2. The van der Waals surface area contributed by atoms with E-state index in [9.17, 15) is 4.79 Å². The van der Waals surface area contributed by atoms with E-state index >= 15 is 4.39 Å². The molecule has 0 unspecified atom stereocenters. The van der Waals surface area contributed by atoms with Gasteiger partial charge in [0.25, 0.3) is 5.91 Å². The van der Waals surface area contributed by atoms with Crippen LogP contribution in [0.5, 0.6) is 0 Å². The van der Waals surface area contributed by atoms with Gasteiger partial charge in [0.15, 0.2) is 13.1 Å². The maximum atomic E-state index is 15.3. The quantitative estimate of drug-likeness (QED) is 0.460. The number of nitrogens with zero attached hydrogens (tertiary/aromatic N) is 2. The molecule has 0 radical (unpaired) electrons. The average Bonchev–Trinajstić information content (AvgIpc) is 3.46. The van der Waals surface area contributed by atoms with Crippen LogP contribution in [0.4, 0.5) is 15.8 Å². The van der Waals surface area contributed by atoms with Crippen molar-refractivity contribution < 1.29 is 14.0 Å². The van der Waals surface area contributed by atoms with Gasteiger partial charge in [0, 0.05) is 7.05 Å². The fourth-order valence-electron chi connectivity index (χ4n) is 3.10. The molecule has 1 fully saturated rings. The number of hydroxylamine groups is 1. The molecular weight excluding hydrogens is 394 g/mol. The lowest BCUT2D eigenvalue weighted by atomic mass is 9.73. The fourth-order valence-corrected chi connectivity index (χ4v) is 3.36. The molecule has 9 heteroatoms. The van der Waals surface area contributed by atoms with Crippen LogP contribution < -0.4 is 16.3 Å². The van der Waals surface area contributed by atoms with Crippen molar-refractivity contribution in [2.75, 3.05) is 11.9 Å². The van der Waals surface area contributed by atoms with Crippen LogP contribution in [0.25, 0.3) is 11.0 Å². The van der Waals surface area contributed by atoms with Gasteiger partial charge < -0.3 is 9.88 Å². The van der Waals surface area contributed by atoms with Gasteiger partial charge in [-0.1, -0.05) is 30.0 Å². The zero-order valence-electron chi connectivity index (χ0n) is 16.3. The number of hydrogen-bond donors (Lipinski definition) is 2. The van der Waals surface area contributed by atoms with Crippen molar-refractivity contribution in [3.05, 3.63) is 47.0 Å². The second-order valence-corrected chi connectivity index (χ2v) is 7.72. The van der Waals surface area contributed by atoms with Crippen LogP contribution in [0, 0.1) is 11.7 Å². The van der Waals surface area contributed by atoms with Crippen LogP contribution in [0.2, 0.25) is 11.8 Å². The third-order valence-corrected chi connectivity index (χ3v) is 5.40. The second-order valence-electron chi connectivity index (χ2n) is 7.31. The van der Waals surface area contributed by atoms with Gasteiger partial charge in [-0.05, 0) is 37.0 Å². The molecule has 6 nitrogen and oxygen atoms in total. The summed E-state index contributed by atoms with van der Waals surface area (Å²) in [5, 5.41) is 3.43. The smallest absolute Gasteiger partial charge is 0.277 e. The number of carbonyl (C=O) groups is 1. The molecule has 0 bridgehead atoms. The van der Waals surface area contributed by atoms with Gasteiger partial charge in [-0.25, -0.2) is 14.9 Å². The maximum absolute atomic E-state index is 15.3. The van der Waals surface area contributed by atoms with Crippen LogP contribution in [-0.2, 0) is 11.9 Å². The van der Waals surface area contributed by atoms with Crippen molar-refractivity contribution >= 4 is 52.7 Å². The molecule has 0 spiro atoms. The van der Waals surface area contributed by atoms with Crippen LogP contribution in [0.3, 0.4) is 0 Å². The first-order valence-electron chi connectivity index (χ1n) is 9.59. The molecule has 0 aliphatic heterocycles. The molecule has 150 valence electrons. The van der Waals surface area contributed by atoms with Crippen molar-refractivity contribution in [3.8, 4) is 0 Å². The summed E-state index contributed by atoms with van der Waals surface area (Å²) in [5.74, 6) is -0.664. The Hall–Kier alpha value is -2.58. The zero-order valence-corrected chi connectivity index (χ0v) is 17.0. The molecule has 0 saturated heterocycles. The Bertz CT molecular complexity index is 1080. The number of aromatic nitrogens is 2. The molecule has 1 amide bonds.